The third-order valence-electron chi connectivity index (χ3n) is 3.08. The molecule has 0 N–H and O–H groups in total. The fourth-order valence-electron chi connectivity index (χ4n) is 2.19. The smallest absolute Gasteiger partial charge is 0.258 e. The summed E-state index contributed by atoms with van der Waals surface area (Å²) in [6.45, 7) is 8.63. The molecule has 2 aromatic rings. The average molecular weight is 295 g/mol. The topological polar surface area (TPSA) is 20.3 Å². The first-order valence-electron chi connectivity index (χ1n) is 7.99. The second-order valence-electron chi connectivity index (χ2n) is 4.24. The van der Waals surface area contributed by atoms with Crippen molar-refractivity contribution in [3.8, 4) is 0 Å². The third kappa shape index (κ3) is 4.08. The number of carbonyl (C=O) groups excluding carboxylic acids is 1. The SMILES string of the molecule is CC.CC.O=C(c1ccccc1)N1CC=Cc2ccccc21. The number of para-hydroxylation sites is 1. The Bertz CT molecular complexity index is 602. The van der Waals surface area contributed by atoms with Gasteiger partial charge in [-0.25, -0.2) is 0 Å². The summed E-state index contributed by atoms with van der Waals surface area (Å²) in [6, 6.07) is 17.4. The molecule has 0 spiro atoms. The molecule has 116 valence electrons. The van der Waals surface area contributed by atoms with E-state index in [0.29, 0.717) is 6.54 Å². The van der Waals surface area contributed by atoms with Crippen LogP contribution in [0.3, 0.4) is 0 Å². The number of carbonyl (C=O) groups is 1. The molecule has 2 heteroatoms. The van der Waals surface area contributed by atoms with Gasteiger partial charge < -0.3 is 4.90 Å². The summed E-state index contributed by atoms with van der Waals surface area (Å²) >= 11 is 0. The Morgan fingerprint density at radius 2 is 1.45 bits per heavy atom. The van der Waals surface area contributed by atoms with Crippen molar-refractivity contribution >= 4 is 17.7 Å². The van der Waals surface area contributed by atoms with Crippen molar-refractivity contribution in [1.82, 2.24) is 0 Å². The normalized spacial score (nSPS) is 11.4. The zero-order valence-corrected chi connectivity index (χ0v) is 13.9. The maximum atomic E-state index is 12.5. The van der Waals surface area contributed by atoms with Gasteiger partial charge in [-0.05, 0) is 23.8 Å². The second-order valence-corrected chi connectivity index (χ2v) is 4.24. The zero-order chi connectivity index (χ0) is 16.4. The summed E-state index contributed by atoms with van der Waals surface area (Å²) in [5, 5.41) is 0. The van der Waals surface area contributed by atoms with Crippen LogP contribution in [0.2, 0.25) is 0 Å². The first-order valence-corrected chi connectivity index (χ1v) is 7.99. The van der Waals surface area contributed by atoms with E-state index in [2.05, 4.69) is 6.08 Å². The van der Waals surface area contributed by atoms with E-state index in [4.69, 9.17) is 0 Å². The highest BCUT2D eigenvalue weighted by Gasteiger charge is 2.20. The van der Waals surface area contributed by atoms with E-state index in [1.807, 2.05) is 93.3 Å². The van der Waals surface area contributed by atoms with Gasteiger partial charge in [-0.1, -0.05) is 76.2 Å². The summed E-state index contributed by atoms with van der Waals surface area (Å²) in [4.78, 5) is 14.3. The molecule has 3 rings (SSSR count). The standard InChI is InChI=1S/C16H13NO.2C2H6/c18-16(14-8-2-1-3-9-14)17-12-6-10-13-7-4-5-11-15(13)17;2*1-2/h1-11H,12H2;2*1-2H3. The Morgan fingerprint density at radius 3 is 2.14 bits per heavy atom. The van der Waals surface area contributed by atoms with Crippen LogP contribution in [-0.4, -0.2) is 12.5 Å². The molecule has 2 nitrogen and oxygen atoms in total. The number of anilines is 1. The van der Waals surface area contributed by atoms with Crippen LogP contribution in [0.4, 0.5) is 5.69 Å². The van der Waals surface area contributed by atoms with E-state index in [1.165, 1.54) is 0 Å². The van der Waals surface area contributed by atoms with Crippen molar-refractivity contribution in [2.45, 2.75) is 27.7 Å². The highest BCUT2D eigenvalue weighted by molar-refractivity contribution is 6.07. The number of benzene rings is 2. The molecular weight excluding hydrogens is 270 g/mol. The lowest BCUT2D eigenvalue weighted by molar-refractivity contribution is 0.0989. The molecule has 1 heterocycles. The van der Waals surface area contributed by atoms with Gasteiger partial charge in [0.25, 0.3) is 5.91 Å². The number of rotatable bonds is 1. The predicted octanol–water partition coefficient (Wildman–Crippen LogP) is 5.41. The van der Waals surface area contributed by atoms with Gasteiger partial charge in [0.05, 0.1) is 5.69 Å². The number of hydrogen-bond acceptors (Lipinski definition) is 1. The number of hydrogen-bond donors (Lipinski definition) is 0. The first-order chi connectivity index (χ1) is 10.9. The minimum atomic E-state index is 0.0485. The Kier molecular flexibility index (Phi) is 7.69. The van der Waals surface area contributed by atoms with Crippen LogP contribution in [0.1, 0.15) is 43.6 Å². The average Bonchev–Trinajstić information content (AvgIpc) is 2.65. The Balaban J connectivity index is 0.000000561. The lowest BCUT2D eigenvalue weighted by Gasteiger charge is -2.26. The van der Waals surface area contributed by atoms with E-state index >= 15 is 0 Å². The zero-order valence-electron chi connectivity index (χ0n) is 13.9. The molecule has 0 saturated heterocycles. The lowest BCUT2D eigenvalue weighted by atomic mass is 10.1. The van der Waals surface area contributed by atoms with Gasteiger partial charge in [0.1, 0.15) is 0 Å². The van der Waals surface area contributed by atoms with Crippen molar-refractivity contribution in [3.63, 3.8) is 0 Å². The van der Waals surface area contributed by atoms with E-state index < -0.39 is 0 Å². The molecule has 0 unspecified atom stereocenters. The second kappa shape index (κ2) is 9.56. The van der Waals surface area contributed by atoms with Gasteiger partial charge in [0, 0.05) is 12.1 Å². The molecule has 0 aromatic heterocycles. The van der Waals surface area contributed by atoms with Crippen LogP contribution in [0.25, 0.3) is 6.08 Å². The predicted molar refractivity (Wildman–Crippen MR) is 96.3 cm³/mol. The van der Waals surface area contributed by atoms with Crippen LogP contribution in [0.15, 0.2) is 60.7 Å². The maximum Gasteiger partial charge on any atom is 0.258 e. The minimum absolute atomic E-state index is 0.0485. The molecule has 0 aliphatic carbocycles. The largest absolute Gasteiger partial charge is 0.304 e. The third-order valence-corrected chi connectivity index (χ3v) is 3.08. The van der Waals surface area contributed by atoms with Crippen molar-refractivity contribution < 1.29 is 4.79 Å². The minimum Gasteiger partial charge on any atom is -0.304 e. The summed E-state index contributed by atoms with van der Waals surface area (Å²) < 4.78 is 0. The molecular formula is C20H25NO. The van der Waals surface area contributed by atoms with E-state index in [0.717, 1.165) is 16.8 Å². The molecule has 1 amide bonds. The van der Waals surface area contributed by atoms with Gasteiger partial charge in [-0.15, -0.1) is 0 Å². The van der Waals surface area contributed by atoms with Crippen molar-refractivity contribution in [3.05, 3.63) is 71.8 Å². The highest BCUT2D eigenvalue weighted by atomic mass is 16.2. The molecule has 0 saturated carbocycles. The summed E-state index contributed by atoms with van der Waals surface area (Å²) in [5.74, 6) is 0.0485. The molecule has 2 aromatic carbocycles. The molecule has 1 aliphatic heterocycles. The quantitative estimate of drug-likeness (QED) is 0.688. The number of fused-ring (bicyclic) bond motifs is 1. The monoisotopic (exact) mass is 295 g/mol. The summed E-state index contributed by atoms with van der Waals surface area (Å²) in [7, 11) is 0. The van der Waals surface area contributed by atoms with Gasteiger partial charge in [-0.3, -0.25) is 4.79 Å². The van der Waals surface area contributed by atoms with Gasteiger partial charge in [-0.2, -0.15) is 0 Å². The molecule has 0 bridgehead atoms. The summed E-state index contributed by atoms with van der Waals surface area (Å²) in [6.07, 6.45) is 4.08. The van der Waals surface area contributed by atoms with Crippen LogP contribution in [-0.2, 0) is 0 Å². The summed E-state index contributed by atoms with van der Waals surface area (Å²) in [5.41, 5.74) is 2.80. The van der Waals surface area contributed by atoms with E-state index in [1.54, 1.807) is 0 Å². The fourth-order valence-corrected chi connectivity index (χ4v) is 2.19. The number of amides is 1. The van der Waals surface area contributed by atoms with Crippen molar-refractivity contribution in [2.24, 2.45) is 0 Å². The fraction of sp³-hybridized carbons (Fsp3) is 0.250. The maximum absolute atomic E-state index is 12.5. The van der Waals surface area contributed by atoms with Crippen molar-refractivity contribution in [2.75, 3.05) is 11.4 Å². The molecule has 0 atom stereocenters. The molecule has 1 aliphatic rings. The van der Waals surface area contributed by atoms with Crippen LogP contribution >= 0.6 is 0 Å². The van der Waals surface area contributed by atoms with Gasteiger partial charge in [0.15, 0.2) is 0 Å². The Morgan fingerprint density at radius 1 is 0.864 bits per heavy atom. The van der Waals surface area contributed by atoms with E-state index in [9.17, 15) is 4.79 Å². The Labute approximate surface area is 134 Å². The molecule has 0 radical (unpaired) electrons. The van der Waals surface area contributed by atoms with Gasteiger partial charge in [0.2, 0.25) is 0 Å². The molecule has 0 fully saturated rings. The van der Waals surface area contributed by atoms with Crippen LogP contribution < -0.4 is 4.90 Å². The lowest BCUT2D eigenvalue weighted by Crippen LogP contribution is -2.32. The highest BCUT2D eigenvalue weighted by Crippen LogP contribution is 2.26. The first kappa shape index (κ1) is 17.7. The van der Waals surface area contributed by atoms with E-state index in [-0.39, 0.29) is 5.91 Å². The van der Waals surface area contributed by atoms with Gasteiger partial charge >= 0.3 is 0 Å². The van der Waals surface area contributed by atoms with Crippen LogP contribution in [0.5, 0.6) is 0 Å². The Hall–Kier alpha value is -2.35. The number of nitrogens with zero attached hydrogens (tertiary/aromatic N) is 1. The van der Waals surface area contributed by atoms with Crippen molar-refractivity contribution in [1.29, 1.82) is 0 Å². The van der Waals surface area contributed by atoms with Crippen LogP contribution in [0, 0.1) is 0 Å². The molecule has 22 heavy (non-hydrogen) atoms.